The predicted octanol–water partition coefficient (Wildman–Crippen LogP) is 2.70. The van der Waals surface area contributed by atoms with Crippen molar-refractivity contribution in [1.82, 2.24) is 9.97 Å². The molecule has 4 N–H and O–H groups in total. The highest BCUT2D eigenvalue weighted by Gasteiger charge is 2.24. The standard InChI is InChI=1S/C16H28N4O/c1-10(2)15-19-14(17)11(3)16(20-15)18-8-12-6-4-5-7-13(12)9-21/h10,12-13,21H,4-9H2,1-3H3,(H3,17,18,19,20). The number of nitrogens with one attached hydrogen (secondary N) is 1. The van der Waals surface area contributed by atoms with Gasteiger partial charge < -0.3 is 16.2 Å². The third kappa shape index (κ3) is 3.84. The van der Waals surface area contributed by atoms with Crippen LogP contribution >= 0.6 is 0 Å². The maximum absolute atomic E-state index is 9.50. The van der Waals surface area contributed by atoms with Gasteiger partial charge in [0.25, 0.3) is 0 Å². The highest BCUT2D eigenvalue weighted by molar-refractivity contribution is 5.55. The van der Waals surface area contributed by atoms with Gasteiger partial charge in [0.1, 0.15) is 17.5 Å². The Morgan fingerprint density at radius 2 is 1.90 bits per heavy atom. The highest BCUT2D eigenvalue weighted by Crippen LogP contribution is 2.30. The van der Waals surface area contributed by atoms with Crippen molar-refractivity contribution in [3.63, 3.8) is 0 Å². The first-order valence-corrected chi connectivity index (χ1v) is 8.01. The summed E-state index contributed by atoms with van der Waals surface area (Å²) in [6.07, 6.45) is 4.80. The number of nitrogen functional groups attached to an aromatic ring is 1. The first-order chi connectivity index (χ1) is 10.0. The Morgan fingerprint density at radius 3 is 2.52 bits per heavy atom. The zero-order chi connectivity index (χ0) is 15.4. The second-order valence-corrected chi connectivity index (χ2v) is 6.46. The average molecular weight is 292 g/mol. The Labute approximate surface area is 127 Å². The van der Waals surface area contributed by atoms with Gasteiger partial charge in [-0.15, -0.1) is 0 Å². The largest absolute Gasteiger partial charge is 0.396 e. The minimum absolute atomic E-state index is 0.258. The maximum Gasteiger partial charge on any atom is 0.135 e. The molecule has 0 aliphatic heterocycles. The molecule has 0 bridgehead atoms. The molecule has 1 aromatic rings. The number of hydrogen-bond acceptors (Lipinski definition) is 5. The van der Waals surface area contributed by atoms with Gasteiger partial charge in [-0.1, -0.05) is 26.7 Å². The van der Waals surface area contributed by atoms with Crippen LogP contribution in [0.1, 0.15) is 56.8 Å². The van der Waals surface area contributed by atoms with Crippen molar-refractivity contribution in [2.45, 2.75) is 52.4 Å². The van der Waals surface area contributed by atoms with Crippen LogP contribution < -0.4 is 11.1 Å². The molecular formula is C16H28N4O. The van der Waals surface area contributed by atoms with Crippen molar-refractivity contribution < 1.29 is 5.11 Å². The Kier molecular flexibility index (Phi) is 5.39. The summed E-state index contributed by atoms with van der Waals surface area (Å²) in [7, 11) is 0. The zero-order valence-corrected chi connectivity index (χ0v) is 13.4. The van der Waals surface area contributed by atoms with Crippen molar-refractivity contribution in [2.24, 2.45) is 11.8 Å². The normalized spacial score (nSPS) is 22.5. The van der Waals surface area contributed by atoms with Gasteiger partial charge in [-0.25, -0.2) is 9.97 Å². The number of nitrogens with two attached hydrogens (primary N) is 1. The lowest BCUT2D eigenvalue weighted by atomic mass is 9.79. The van der Waals surface area contributed by atoms with E-state index in [2.05, 4.69) is 29.1 Å². The van der Waals surface area contributed by atoms with E-state index < -0.39 is 0 Å². The Morgan fingerprint density at radius 1 is 1.24 bits per heavy atom. The first-order valence-electron chi connectivity index (χ1n) is 8.01. The van der Waals surface area contributed by atoms with Crippen LogP contribution in [0.5, 0.6) is 0 Å². The lowest BCUT2D eigenvalue weighted by molar-refractivity contribution is 0.141. The van der Waals surface area contributed by atoms with E-state index in [1.165, 1.54) is 19.3 Å². The molecule has 118 valence electrons. The lowest BCUT2D eigenvalue weighted by Gasteiger charge is -2.30. The van der Waals surface area contributed by atoms with Gasteiger partial charge in [0.15, 0.2) is 0 Å². The van der Waals surface area contributed by atoms with E-state index in [0.29, 0.717) is 17.7 Å². The fourth-order valence-corrected chi connectivity index (χ4v) is 3.00. The first kappa shape index (κ1) is 16.0. The predicted molar refractivity (Wildman–Crippen MR) is 86.3 cm³/mol. The van der Waals surface area contributed by atoms with Crippen molar-refractivity contribution in [3.05, 3.63) is 11.4 Å². The average Bonchev–Trinajstić information content (AvgIpc) is 2.48. The molecule has 2 rings (SSSR count). The molecule has 0 aromatic carbocycles. The molecule has 2 unspecified atom stereocenters. The van der Waals surface area contributed by atoms with Gasteiger partial charge in [-0.2, -0.15) is 0 Å². The molecule has 1 saturated carbocycles. The van der Waals surface area contributed by atoms with Crippen molar-refractivity contribution in [2.75, 3.05) is 24.2 Å². The number of rotatable bonds is 5. The Hall–Kier alpha value is -1.36. The van der Waals surface area contributed by atoms with E-state index in [1.807, 2.05) is 6.92 Å². The minimum atomic E-state index is 0.258. The molecule has 21 heavy (non-hydrogen) atoms. The van der Waals surface area contributed by atoms with Gasteiger partial charge in [-0.3, -0.25) is 0 Å². The van der Waals surface area contributed by atoms with E-state index in [1.54, 1.807) is 0 Å². The van der Waals surface area contributed by atoms with Gasteiger partial charge in [0.2, 0.25) is 0 Å². The number of hydrogen-bond donors (Lipinski definition) is 3. The topological polar surface area (TPSA) is 84.1 Å². The summed E-state index contributed by atoms with van der Waals surface area (Å²) in [6, 6.07) is 0. The SMILES string of the molecule is Cc1c(N)nc(C(C)C)nc1NCC1CCCCC1CO. The number of aliphatic hydroxyl groups is 1. The molecule has 0 radical (unpaired) electrons. The van der Waals surface area contributed by atoms with Crippen LogP contribution in [0.25, 0.3) is 0 Å². The molecule has 1 aliphatic rings. The van der Waals surface area contributed by atoms with Crippen LogP contribution in [0.2, 0.25) is 0 Å². The van der Waals surface area contributed by atoms with E-state index in [0.717, 1.165) is 30.2 Å². The van der Waals surface area contributed by atoms with Gasteiger partial charge >= 0.3 is 0 Å². The van der Waals surface area contributed by atoms with Crippen LogP contribution in [0, 0.1) is 18.8 Å². The van der Waals surface area contributed by atoms with Crippen molar-refractivity contribution >= 4 is 11.6 Å². The number of aliphatic hydroxyl groups excluding tert-OH is 1. The summed E-state index contributed by atoms with van der Waals surface area (Å²) in [5.41, 5.74) is 6.90. The second-order valence-electron chi connectivity index (χ2n) is 6.46. The smallest absolute Gasteiger partial charge is 0.135 e. The minimum Gasteiger partial charge on any atom is -0.396 e. The second kappa shape index (κ2) is 7.07. The van der Waals surface area contributed by atoms with E-state index in [9.17, 15) is 5.11 Å². The summed E-state index contributed by atoms with van der Waals surface area (Å²) in [6.45, 7) is 7.22. The van der Waals surface area contributed by atoms with Gasteiger partial charge in [0, 0.05) is 24.6 Å². The molecule has 1 aliphatic carbocycles. The number of aromatic nitrogens is 2. The molecule has 1 aromatic heterocycles. The van der Waals surface area contributed by atoms with Crippen LogP contribution in [0.15, 0.2) is 0 Å². The third-order valence-corrected chi connectivity index (χ3v) is 4.55. The number of nitrogens with zero attached hydrogens (tertiary/aromatic N) is 2. The summed E-state index contributed by atoms with van der Waals surface area (Å²) in [4.78, 5) is 8.95. The van der Waals surface area contributed by atoms with Crippen LogP contribution in [-0.4, -0.2) is 28.2 Å². The van der Waals surface area contributed by atoms with E-state index in [-0.39, 0.29) is 12.5 Å². The van der Waals surface area contributed by atoms with Crippen molar-refractivity contribution in [1.29, 1.82) is 0 Å². The van der Waals surface area contributed by atoms with Crippen LogP contribution in [0.3, 0.4) is 0 Å². The molecule has 1 fully saturated rings. The lowest BCUT2D eigenvalue weighted by Crippen LogP contribution is -2.29. The van der Waals surface area contributed by atoms with Gasteiger partial charge in [-0.05, 0) is 31.6 Å². The zero-order valence-electron chi connectivity index (χ0n) is 13.4. The quantitative estimate of drug-likeness (QED) is 0.777. The monoisotopic (exact) mass is 292 g/mol. The molecule has 5 heteroatoms. The summed E-state index contributed by atoms with van der Waals surface area (Å²) in [5, 5.41) is 12.9. The molecule has 0 amide bonds. The molecular weight excluding hydrogens is 264 g/mol. The molecule has 0 spiro atoms. The van der Waals surface area contributed by atoms with Crippen molar-refractivity contribution in [3.8, 4) is 0 Å². The van der Waals surface area contributed by atoms with E-state index >= 15 is 0 Å². The molecule has 2 atom stereocenters. The summed E-state index contributed by atoms with van der Waals surface area (Å²) < 4.78 is 0. The maximum atomic E-state index is 9.50. The molecule has 0 saturated heterocycles. The highest BCUT2D eigenvalue weighted by atomic mass is 16.3. The molecule has 1 heterocycles. The molecule has 5 nitrogen and oxygen atoms in total. The van der Waals surface area contributed by atoms with Crippen LogP contribution in [0.4, 0.5) is 11.6 Å². The summed E-state index contributed by atoms with van der Waals surface area (Å²) in [5.74, 6) is 3.36. The Balaban J connectivity index is 2.08. The fraction of sp³-hybridized carbons (Fsp3) is 0.750. The summed E-state index contributed by atoms with van der Waals surface area (Å²) >= 11 is 0. The van der Waals surface area contributed by atoms with E-state index in [4.69, 9.17) is 5.73 Å². The fourth-order valence-electron chi connectivity index (χ4n) is 3.00. The third-order valence-electron chi connectivity index (χ3n) is 4.55. The Bertz CT molecular complexity index is 476. The van der Waals surface area contributed by atoms with Gasteiger partial charge in [0.05, 0.1) is 0 Å². The van der Waals surface area contributed by atoms with Crippen LogP contribution in [-0.2, 0) is 0 Å². The number of anilines is 2.